The molecular weight excluding hydrogens is 1180 g/mol. The Bertz CT molecular complexity index is 2350. The van der Waals surface area contributed by atoms with Crippen LogP contribution in [0.1, 0.15) is 305 Å². The van der Waals surface area contributed by atoms with Crippen LogP contribution in [0.2, 0.25) is 0 Å². The first-order valence-corrected chi connectivity index (χ1v) is 33.1. The highest BCUT2D eigenvalue weighted by Crippen LogP contribution is 2.62. The van der Waals surface area contributed by atoms with E-state index in [1.54, 1.807) is 27.7 Å². The Morgan fingerprint density at radius 2 is 0.839 bits per heavy atom. The van der Waals surface area contributed by atoms with Gasteiger partial charge in [-0.1, -0.05) is 108 Å². The van der Waals surface area contributed by atoms with Gasteiger partial charge in [0.1, 0.15) is 35.6 Å². The van der Waals surface area contributed by atoms with Gasteiger partial charge >= 0.3 is 47.9 Å². The predicted octanol–water partition coefficient (Wildman–Crippen LogP) is 18.6. The average Bonchev–Trinajstić information content (AvgIpc) is 1.44. The van der Waals surface area contributed by atoms with E-state index in [1.165, 1.54) is 44.9 Å². The van der Waals surface area contributed by atoms with Crippen molar-refractivity contribution in [2.45, 2.75) is 340 Å². The van der Waals surface area contributed by atoms with Gasteiger partial charge in [-0.3, -0.25) is 28.8 Å². The number of carbonyl (C=O) groups is 8. The van der Waals surface area contributed by atoms with Crippen LogP contribution in [0.4, 0.5) is 4.79 Å². The van der Waals surface area contributed by atoms with E-state index in [-0.39, 0.29) is 142 Å². The molecule has 93 heavy (non-hydrogen) atoms. The number of fused-ring (bicyclic) bond motifs is 2. The fourth-order valence-corrected chi connectivity index (χ4v) is 15.8. The first kappa shape index (κ1) is 90.6. The van der Waals surface area contributed by atoms with Gasteiger partial charge in [0, 0.05) is 11.8 Å². The van der Waals surface area contributed by atoms with E-state index < -0.39 is 60.0 Å². The van der Waals surface area contributed by atoms with Crippen molar-refractivity contribution in [3.63, 3.8) is 0 Å². The monoisotopic (exact) mass is 1330 g/mol. The topological polar surface area (TPSA) is 220 Å². The van der Waals surface area contributed by atoms with Crippen molar-refractivity contribution < 1.29 is 81.0 Å². The van der Waals surface area contributed by atoms with Crippen LogP contribution in [0.3, 0.4) is 0 Å². The molecule has 17 nitrogen and oxygen atoms in total. The fourth-order valence-electron chi connectivity index (χ4n) is 15.8. The molecule has 13 aliphatic rings. The van der Waals surface area contributed by atoms with Crippen LogP contribution in [-0.4, -0.2) is 97.0 Å². The van der Waals surface area contributed by atoms with Gasteiger partial charge in [0.25, 0.3) is 0 Å². The van der Waals surface area contributed by atoms with Crippen molar-refractivity contribution in [1.29, 1.82) is 0 Å². The van der Waals surface area contributed by atoms with Crippen molar-refractivity contribution >= 4 is 47.9 Å². The van der Waals surface area contributed by atoms with Crippen molar-refractivity contribution in [2.24, 2.45) is 86.8 Å². The highest BCUT2D eigenvalue weighted by molar-refractivity contribution is 5.80. The Morgan fingerprint density at radius 3 is 1.24 bits per heavy atom. The van der Waals surface area contributed by atoms with Crippen molar-refractivity contribution in [3.05, 3.63) is 0 Å². The van der Waals surface area contributed by atoms with Crippen LogP contribution in [0.5, 0.6) is 0 Å². The minimum absolute atomic E-state index is 0. The lowest BCUT2D eigenvalue weighted by Crippen LogP contribution is -2.63. The molecule has 0 spiro atoms. The molecule has 4 saturated heterocycles. The first-order valence-electron chi connectivity index (χ1n) is 33.1. The summed E-state index contributed by atoms with van der Waals surface area (Å²) >= 11 is 0. The van der Waals surface area contributed by atoms with E-state index in [1.807, 2.05) is 48.5 Å². The second-order valence-corrected chi connectivity index (χ2v) is 30.3. The first-order chi connectivity index (χ1) is 39.8. The average molecular weight is 1330 g/mol. The van der Waals surface area contributed by atoms with Gasteiger partial charge in [-0.2, -0.15) is 0 Å². The highest BCUT2D eigenvalue weighted by Gasteiger charge is 2.62. The molecular formula is C76H140O17. The van der Waals surface area contributed by atoms with E-state index in [0.717, 1.165) is 88.9 Å². The maximum Gasteiger partial charge on any atom is 0.511 e. The molecule has 10 atom stereocenters. The van der Waals surface area contributed by atoms with E-state index in [4.69, 9.17) is 42.6 Å². The van der Waals surface area contributed by atoms with Crippen molar-refractivity contribution in [1.82, 2.24) is 0 Å². The Labute approximate surface area is 566 Å². The molecule has 12 bridgehead atoms. The summed E-state index contributed by atoms with van der Waals surface area (Å²) < 4.78 is 49.1. The normalized spacial score (nSPS) is 30.5. The number of esters is 7. The van der Waals surface area contributed by atoms with Gasteiger partial charge in [-0.15, -0.1) is 0 Å². The zero-order valence-corrected chi connectivity index (χ0v) is 54.6. The molecule has 13 fully saturated rings. The van der Waals surface area contributed by atoms with Crippen LogP contribution in [0.15, 0.2) is 0 Å². The number of hydrogen-bond acceptors (Lipinski definition) is 17. The maximum absolute atomic E-state index is 12.8. The second kappa shape index (κ2) is 36.8. The second-order valence-electron chi connectivity index (χ2n) is 30.3. The van der Waals surface area contributed by atoms with Crippen molar-refractivity contribution in [3.8, 4) is 0 Å². The zero-order valence-electron chi connectivity index (χ0n) is 54.6. The summed E-state index contributed by atoms with van der Waals surface area (Å²) in [5.41, 5.74) is -2.22. The SMILES string of the molecule is C.C.C.C.C.C.C.C.CCC(C)(C)C(=O)OC1(C(C)C)C2CC3CC(C2)CC1C3.CCC(C)(C)C(=O)OCC(=O)OC1C2CC3CC(C2)C(=O)OC1C3.CCC(C)(C)C(=O)OCOC(=O)OC1C2CC3CC(C2)C(=O)OC1C3.CCC1(OC(=O)C(C)(C)CC)CCCC1. The van der Waals surface area contributed by atoms with Crippen LogP contribution in [0, 0.1) is 86.8 Å². The van der Waals surface area contributed by atoms with Gasteiger partial charge in [0.05, 0.1) is 33.5 Å². The van der Waals surface area contributed by atoms with Gasteiger partial charge in [-0.25, -0.2) is 9.59 Å². The largest absolute Gasteiger partial charge is 0.511 e. The summed E-state index contributed by atoms with van der Waals surface area (Å²) in [5, 5.41) is 0. The van der Waals surface area contributed by atoms with Crippen LogP contribution in [0.25, 0.3) is 0 Å². The molecule has 4 aliphatic heterocycles. The highest BCUT2D eigenvalue weighted by atomic mass is 16.8. The number of rotatable bonds is 18. The Kier molecular flexibility index (Phi) is 35.8. The lowest BCUT2D eigenvalue weighted by Gasteiger charge is -2.62. The molecule has 9 aliphatic carbocycles. The lowest BCUT2D eigenvalue weighted by molar-refractivity contribution is -0.231. The molecule has 0 aromatic carbocycles. The molecule has 17 heteroatoms. The molecule has 9 saturated carbocycles. The summed E-state index contributed by atoms with van der Waals surface area (Å²) in [6, 6.07) is 0. The fraction of sp³-hybridized carbons (Fsp3) is 0.895. The van der Waals surface area contributed by atoms with Gasteiger partial charge in [0.2, 0.25) is 6.79 Å². The third-order valence-corrected chi connectivity index (χ3v) is 22.7. The summed E-state index contributed by atoms with van der Waals surface area (Å²) in [6.45, 7) is 28.8. The molecule has 546 valence electrons. The number of carbonyl (C=O) groups excluding carboxylic acids is 8. The summed E-state index contributed by atoms with van der Waals surface area (Å²) in [4.78, 5) is 96.6. The van der Waals surface area contributed by atoms with Crippen LogP contribution >= 0.6 is 0 Å². The molecule has 4 heterocycles. The van der Waals surface area contributed by atoms with Gasteiger partial charge in [-0.05, 0) is 238 Å². The standard InChI is InChI=1S/C19H32O2.C18H26O7.C18H26O6.C13H24O2.8CH4/c1-6-18(4,5)17(20)21-19(12(2)3)15-8-13-7-14(10-15)11-16(19)9-13;1-4-18(2,3)16(20)22-9-23-17(21)25-14-11-5-10-6-12(8-11)15(19)24-13(14)7-10;1-4-18(2,3)17(21)22-9-14(19)24-15-11-5-10-6-12(8-11)16(20)23-13(15)7-10;1-5-12(3,4)11(14)15-13(6-2)9-7-8-10-13;;;;;;;;/h12-16H,6-11H2,1-5H3;10-14H,4-9H2,1-3H3;10-13,15H,4-9H2,1-3H3;5-10H2,1-4H3;8*1H4. The lowest BCUT2D eigenvalue weighted by atomic mass is 9.47. The maximum atomic E-state index is 12.8. The number of hydrogen-bond donors (Lipinski definition) is 0. The zero-order chi connectivity index (χ0) is 62.6. The molecule has 0 N–H and O–H groups in total. The van der Waals surface area contributed by atoms with Gasteiger partial charge in [0.15, 0.2) is 6.61 Å². The summed E-state index contributed by atoms with van der Waals surface area (Å²) in [7, 11) is 0. The van der Waals surface area contributed by atoms with Gasteiger partial charge < -0.3 is 42.6 Å². The minimum atomic E-state index is -0.893. The molecule has 0 aromatic heterocycles. The Morgan fingerprint density at radius 1 is 0.462 bits per heavy atom. The molecule has 0 amide bonds. The third-order valence-electron chi connectivity index (χ3n) is 22.7. The minimum Gasteiger partial charge on any atom is -0.459 e. The smallest absolute Gasteiger partial charge is 0.459 e. The van der Waals surface area contributed by atoms with E-state index >= 15 is 0 Å². The number of ether oxygens (including phenoxy) is 9. The quantitative estimate of drug-likeness (QED) is 0.0707. The third kappa shape index (κ3) is 21.0. The Balaban J connectivity index is 0. The molecule has 10 unspecified atom stereocenters. The van der Waals surface area contributed by atoms with Crippen LogP contribution in [-0.2, 0) is 76.2 Å². The predicted molar refractivity (Wildman–Crippen MR) is 369 cm³/mol. The van der Waals surface area contributed by atoms with E-state index in [2.05, 4.69) is 27.7 Å². The molecule has 0 radical (unpaired) electrons. The van der Waals surface area contributed by atoms with Crippen LogP contribution < -0.4 is 0 Å². The molecule has 0 aromatic rings. The summed E-state index contributed by atoms with van der Waals surface area (Å²) in [5.74, 6) is 2.91. The van der Waals surface area contributed by atoms with E-state index in [9.17, 15) is 38.4 Å². The molecule has 13 rings (SSSR count). The van der Waals surface area contributed by atoms with Crippen molar-refractivity contribution in [2.75, 3.05) is 13.4 Å². The Hall–Kier alpha value is -4.44. The van der Waals surface area contributed by atoms with E-state index in [0.29, 0.717) is 48.9 Å². The summed E-state index contributed by atoms with van der Waals surface area (Å²) in [6.07, 6.45) is 19.1.